The summed E-state index contributed by atoms with van der Waals surface area (Å²) in [5.41, 5.74) is 0. The van der Waals surface area contributed by atoms with Crippen molar-refractivity contribution in [3.05, 3.63) is 28.7 Å². The van der Waals surface area contributed by atoms with Crippen molar-refractivity contribution in [1.82, 2.24) is 4.31 Å². The summed E-state index contributed by atoms with van der Waals surface area (Å²) in [4.78, 5) is 10.9. The Morgan fingerprint density at radius 2 is 2.10 bits per heavy atom. The lowest BCUT2D eigenvalue weighted by atomic mass is 9.95. The van der Waals surface area contributed by atoms with Crippen molar-refractivity contribution in [2.24, 2.45) is 5.92 Å². The topological polar surface area (TPSA) is 74.7 Å². The molecule has 0 aliphatic carbocycles. The lowest BCUT2D eigenvalue weighted by Gasteiger charge is -2.32. The number of hydrogen-bond acceptors (Lipinski definition) is 3. The molecule has 0 bridgehead atoms. The number of nitrogens with zero attached hydrogens (tertiary/aromatic N) is 1. The van der Waals surface area contributed by atoms with Crippen LogP contribution in [0.5, 0.6) is 0 Å². The molecule has 1 heterocycles. The predicted octanol–water partition coefficient (Wildman–Crippen LogP) is 2.71. The normalized spacial score (nSPS) is 20.3. The van der Waals surface area contributed by atoms with Crippen LogP contribution in [-0.2, 0) is 14.8 Å². The third-order valence-corrected chi connectivity index (χ3v) is 6.58. The Bertz CT molecular complexity index is 617. The van der Waals surface area contributed by atoms with E-state index in [1.54, 1.807) is 24.3 Å². The second kappa shape index (κ2) is 6.89. The summed E-state index contributed by atoms with van der Waals surface area (Å²) in [6, 6.07) is 6.76. The molecule has 0 saturated carbocycles. The average Bonchev–Trinajstić information content (AvgIpc) is 2.45. The van der Waals surface area contributed by atoms with Gasteiger partial charge >= 0.3 is 5.97 Å². The molecule has 7 heteroatoms. The first kappa shape index (κ1) is 16.5. The van der Waals surface area contributed by atoms with Crippen LogP contribution in [0.25, 0.3) is 0 Å². The molecule has 1 aliphatic heterocycles. The first-order valence-electron chi connectivity index (χ1n) is 6.87. The Kier molecular flexibility index (Phi) is 5.40. The Morgan fingerprint density at radius 3 is 2.76 bits per heavy atom. The maximum atomic E-state index is 12.7. The summed E-state index contributed by atoms with van der Waals surface area (Å²) in [5.74, 6) is -0.715. The minimum absolute atomic E-state index is 0.0909. The molecule has 116 valence electrons. The molecule has 1 N–H and O–H groups in total. The fourth-order valence-corrected chi connectivity index (χ4v) is 5.12. The van der Waals surface area contributed by atoms with Gasteiger partial charge in [-0.3, -0.25) is 4.79 Å². The van der Waals surface area contributed by atoms with Crippen LogP contribution in [0.3, 0.4) is 0 Å². The Labute approximate surface area is 133 Å². The third-order valence-electron chi connectivity index (χ3n) is 3.70. The van der Waals surface area contributed by atoms with Crippen molar-refractivity contribution in [1.29, 1.82) is 0 Å². The van der Waals surface area contributed by atoms with Crippen molar-refractivity contribution < 1.29 is 18.3 Å². The van der Waals surface area contributed by atoms with Gasteiger partial charge in [-0.2, -0.15) is 4.31 Å². The summed E-state index contributed by atoms with van der Waals surface area (Å²) in [6.07, 6.45) is 2.27. The molecular formula is C14H18BrNO4S. The number of sulfonamides is 1. The van der Waals surface area contributed by atoms with Crippen LogP contribution >= 0.6 is 15.9 Å². The fourth-order valence-electron chi connectivity index (χ4n) is 2.60. The standard InChI is InChI=1S/C14H18BrNO4S/c15-12-5-1-2-6-13(12)21(19,20)16-9-3-4-11(10-16)7-8-14(17)18/h1-2,5-6,11H,3-4,7-10H2,(H,17,18). The van der Waals surface area contributed by atoms with Gasteiger partial charge in [0.05, 0.1) is 4.90 Å². The predicted molar refractivity (Wildman–Crippen MR) is 82.5 cm³/mol. The number of hydrogen-bond donors (Lipinski definition) is 1. The first-order valence-corrected chi connectivity index (χ1v) is 9.11. The quantitative estimate of drug-likeness (QED) is 0.858. The van der Waals surface area contributed by atoms with E-state index in [1.165, 1.54) is 4.31 Å². The van der Waals surface area contributed by atoms with Gasteiger partial charge in [0.2, 0.25) is 10.0 Å². The Hall–Kier alpha value is -0.920. The molecule has 0 amide bonds. The van der Waals surface area contributed by atoms with Gasteiger partial charge in [-0.05, 0) is 53.2 Å². The molecule has 21 heavy (non-hydrogen) atoms. The molecule has 1 saturated heterocycles. The maximum Gasteiger partial charge on any atom is 0.303 e. The zero-order valence-corrected chi connectivity index (χ0v) is 13.9. The van der Waals surface area contributed by atoms with E-state index in [2.05, 4.69) is 15.9 Å². The number of piperidine rings is 1. The maximum absolute atomic E-state index is 12.7. The van der Waals surface area contributed by atoms with Gasteiger partial charge in [0.1, 0.15) is 0 Å². The number of carbonyl (C=O) groups is 1. The van der Waals surface area contributed by atoms with Crippen LogP contribution in [0.15, 0.2) is 33.6 Å². The summed E-state index contributed by atoms with van der Waals surface area (Å²) >= 11 is 3.28. The van der Waals surface area contributed by atoms with E-state index < -0.39 is 16.0 Å². The van der Waals surface area contributed by atoms with Gasteiger partial charge in [0, 0.05) is 24.0 Å². The molecule has 1 atom stereocenters. The number of benzene rings is 1. The number of rotatable bonds is 5. The smallest absolute Gasteiger partial charge is 0.303 e. The molecule has 2 rings (SSSR count). The summed E-state index contributed by atoms with van der Waals surface area (Å²) in [7, 11) is -3.53. The van der Waals surface area contributed by atoms with E-state index in [4.69, 9.17) is 5.11 Å². The van der Waals surface area contributed by atoms with Crippen LogP contribution < -0.4 is 0 Å². The highest BCUT2D eigenvalue weighted by Gasteiger charge is 2.31. The third kappa shape index (κ3) is 4.05. The van der Waals surface area contributed by atoms with Crippen LogP contribution in [0, 0.1) is 5.92 Å². The first-order chi connectivity index (χ1) is 9.91. The lowest BCUT2D eigenvalue weighted by molar-refractivity contribution is -0.137. The second-order valence-electron chi connectivity index (χ2n) is 5.23. The van der Waals surface area contributed by atoms with Crippen LogP contribution in [0.2, 0.25) is 0 Å². The summed E-state index contributed by atoms with van der Waals surface area (Å²) in [5, 5.41) is 8.75. The lowest BCUT2D eigenvalue weighted by Crippen LogP contribution is -2.40. The van der Waals surface area contributed by atoms with Crippen molar-refractivity contribution >= 4 is 31.9 Å². The SMILES string of the molecule is O=C(O)CCC1CCCN(S(=O)(=O)c2ccccc2Br)C1. The average molecular weight is 376 g/mol. The summed E-state index contributed by atoms with van der Waals surface area (Å²) < 4.78 is 27.4. The molecular weight excluding hydrogens is 358 g/mol. The van der Waals surface area contributed by atoms with E-state index in [0.29, 0.717) is 24.0 Å². The van der Waals surface area contributed by atoms with Crippen LogP contribution in [-0.4, -0.2) is 36.9 Å². The zero-order chi connectivity index (χ0) is 15.5. The molecule has 1 fully saturated rings. The van der Waals surface area contributed by atoms with Gasteiger partial charge in [-0.15, -0.1) is 0 Å². The molecule has 1 unspecified atom stereocenters. The molecule has 0 radical (unpaired) electrons. The number of aliphatic carboxylic acids is 1. The largest absolute Gasteiger partial charge is 0.481 e. The van der Waals surface area contributed by atoms with Gasteiger partial charge in [0.25, 0.3) is 0 Å². The van der Waals surface area contributed by atoms with E-state index >= 15 is 0 Å². The fraction of sp³-hybridized carbons (Fsp3) is 0.500. The molecule has 5 nitrogen and oxygen atoms in total. The second-order valence-corrected chi connectivity index (χ2v) is 7.99. The van der Waals surface area contributed by atoms with Gasteiger partial charge < -0.3 is 5.11 Å². The Morgan fingerprint density at radius 1 is 1.38 bits per heavy atom. The van der Waals surface area contributed by atoms with Crippen LogP contribution in [0.4, 0.5) is 0 Å². The van der Waals surface area contributed by atoms with E-state index in [9.17, 15) is 13.2 Å². The highest BCUT2D eigenvalue weighted by Crippen LogP contribution is 2.29. The van der Waals surface area contributed by atoms with Crippen molar-refractivity contribution in [2.45, 2.75) is 30.6 Å². The highest BCUT2D eigenvalue weighted by atomic mass is 79.9. The van der Waals surface area contributed by atoms with Gasteiger partial charge in [-0.1, -0.05) is 12.1 Å². The van der Waals surface area contributed by atoms with Crippen molar-refractivity contribution in [2.75, 3.05) is 13.1 Å². The number of carboxylic acid groups (broad SMARTS) is 1. The molecule has 0 spiro atoms. The van der Waals surface area contributed by atoms with Crippen molar-refractivity contribution in [3.63, 3.8) is 0 Å². The molecule has 1 aromatic rings. The summed E-state index contributed by atoms with van der Waals surface area (Å²) in [6.45, 7) is 0.893. The molecule has 1 aliphatic rings. The van der Waals surface area contributed by atoms with Gasteiger partial charge in [0.15, 0.2) is 0 Å². The highest BCUT2D eigenvalue weighted by molar-refractivity contribution is 9.10. The molecule has 1 aromatic carbocycles. The van der Waals surface area contributed by atoms with E-state index in [0.717, 1.165) is 12.8 Å². The number of halogens is 1. The zero-order valence-electron chi connectivity index (χ0n) is 11.5. The van der Waals surface area contributed by atoms with Crippen molar-refractivity contribution in [3.8, 4) is 0 Å². The van der Waals surface area contributed by atoms with Gasteiger partial charge in [-0.25, -0.2) is 8.42 Å². The van der Waals surface area contributed by atoms with E-state index in [-0.39, 0.29) is 17.2 Å². The van der Waals surface area contributed by atoms with E-state index in [1.807, 2.05) is 0 Å². The molecule has 0 aromatic heterocycles. The van der Waals surface area contributed by atoms with Crippen LogP contribution in [0.1, 0.15) is 25.7 Å². The number of carboxylic acids is 1. The monoisotopic (exact) mass is 375 g/mol. The Balaban J connectivity index is 2.13. The minimum Gasteiger partial charge on any atom is -0.481 e. The minimum atomic E-state index is -3.53.